The maximum atomic E-state index is 4.81. The molecule has 1 aliphatic rings. The summed E-state index contributed by atoms with van der Waals surface area (Å²) in [5.41, 5.74) is 2.54. The molecule has 0 amide bonds. The molecule has 0 unspecified atom stereocenters. The third-order valence-electron chi connectivity index (χ3n) is 5.27. The van der Waals surface area contributed by atoms with Gasteiger partial charge < -0.3 is 20.5 Å². The fraction of sp³-hybridized carbons (Fsp3) is 0.571. The summed E-state index contributed by atoms with van der Waals surface area (Å²) in [6.07, 6.45) is 5.44. The van der Waals surface area contributed by atoms with Crippen molar-refractivity contribution in [2.75, 3.05) is 26.2 Å². The van der Waals surface area contributed by atoms with Crippen LogP contribution in [-0.2, 0) is 6.42 Å². The molecule has 1 saturated heterocycles. The maximum Gasteiger partial charge on any atom is 0.191 e. The van der Waals surface area contributed by atoms with E-state index in [0.717, 1.165) is 25.5 Å². The second kappa shape index (κ2) is 10.9. The van der Waals surface area contributed by atoms with Crippen molar-refractivity contribution < 1.29 is 0 Å². The first kappa shape index (κ1) is 22.0. The van der Waals surface area contributed by atoms with E-state index >= 15 is 0 Å². The lowest BCUT2D eigenvalue weighted by Gasteiger charge is -2.35. The van der Waals surface area contributed by atoms with Gasteiger partial charge in [-0.3, -0.25) is 4.99 Å². The molecule has 150 valence electrons. The number of halogens is 1. The summed E-state index contributed by atoms with van der Waals surface area (Å²) >= 11 is 0. The van der Waals surface area contributed by atoms with Crippen LogP contribution >= 0.6 is 24.0 Å². The molecule has 6 heteroatoms. The van der Waals surface area contributed by atoms with Gasteiger partial charge >= 0.3 is 0 Å². The number of aromatic amines is 1. The first-order chi connectivity index (χ1) is 12.7. The van der Waals surface area contributed by atoms with Crippen molar-refractivity contribution in [3.05, 3.63) is 36.0 Å². The number of aromatic nitrogens is 1. The van der Waals surface area contributed by atoms with Crippen LogP contribution in [0, 0.1) is 0 Å². The number of fused-ring (bicyclic) bond motifs is 1. The number of likely N-dealkylation sites (tertiary alicyclic amines) is 1. The predicted molar refractivity (Wildman–Crippen MR) is 126 cm³/mol. The first-order valence-electron chi connectivity index (χ1n) is 10.0. The number of nitrogens with zero attached hydrogens (tertiary/aromatic N) is 2. The lowest BCUT2D eigenvalue weighted by atomic mass is 10.0. The Morgan fingerprint density at radius 3 is 2.70 bits per heavy atom. The summed E-state index contributed by atoms with van der Waals surface area (Å²) in [4.78, 5) is 10.7. The minimum atomic E-state index is 0. The van der Waals surface area contributed by atoms with Crippen LogP contribution in [0.25, 0.3) is 10.9 Å². The van der Waals surface area contributed by atoms with Gasteiger partial charge in [0.15, 0.2) is 5.96 Å². The van der Waals surface area contributed by atoms with E-state index in [9.17, 15) is 0 Å². The van der Waals surface area contributed by atoms with Crippen molar-refractivity contribution in [2.45, 2.75) is 52.1 Å². The zero-order valence-corrected chi connectivity index (χ0v) is 19.1. The molecule has 2 aromatic rings. The van der Waals surface area contributed by atoms with E-state index in [1.807, 2.05) is 0 Å². The average Bonchev–Trinajstić information content (AvgIpc) is 3.06. The quantitative estimate of drug-likeness (QED) is 0.333. The third kappa shape index (κ3) is 6.10. The van der Waals surface area contributed by atoms with E-state index in [4.69, 9.17) is 4.99 Å². The number of guanidine groups is 1. The Morgan fingerprint density at radius 2 is 2.00 bits per heavy atom. The van der Waals surface area contributed by atoms with Gasteiger partial charge in [-0.15, -0.1) is 24.0 Å². The Hall–Kier alpha value is -1.28. The first-order valence-corrected chi connectivity index (χ1v) is 10.0. The molecular formula is C21H34IN5. The van der Waals surface area contributed by atoms with Crippen molar-refractivity contribution >= 4 is 40.8 Å². The number of para-hydroxylation sites is 1. The standard InChI is InChI=1S/C21H33N5.HI/c1-4-22-21(25-18-10-13-26(14-11-18)16(2)3)23-12-9-17-15-24-20-8-6-5-7-19(17)20;/h5-8,15-16,18,24H,4,9-14H2,1-3H3,(H2,22,23,25);1H. The SMILES string of the molecule is CCNC(=NCCc1c[nH]c2ccccc12)NC1CCN(C(C)C)CC1.I. The summed E-state index contributed by atoms with van der Waals surface area (Å²) in [6.45, 7) is 10.7. The number of rotatable bonds is 6. The van der Waals surface area contributed by atoms with Crippen LogP contribution < -0.4 is 10.6 Å². The second-order valence-electron chi connectivity index (χ2n) is 7.42. The van der Waals surface area contributed by atoms with E-state index in [1.165, 1.54) is 42.4 Å². The van der Waals surface area contributed by atoms with Crippen LogP contribution in [0.2, 0.25) is 0 Å². The highest BCUT2D eigenvalue weighted by Crippen LogP contribution is 2.18. The minimum absolute atomic E-state index is 0. The molecule has 3 N–H and O–H groups in total. The summed E-state index contributed by atoms with van der Waals surface area (Å²) in [7, 11) is 0. The van der Waals surface area contributed by atoms with E-state index in [-0.39, 0.29) is 24.0 Å². The molecule has 1 aromatic carbocycles. The normalized spacial score (nSPS) is 16.5. The highest BCUT2D eigenvalue weighted by molar-refractivity contribution is 14.0. The number of hydrogen-bond acceptors (Lipinski definition) is 2. The third-order valence-corrected chi connectivity index (χ3v) is 5.27. The molecule has 27 heavy (non-hydrogen) atoms. The number of aliphatic imine (C=N–C) groups is 1. The minimum Gasteiger partial charge on any atom is -0.361 e. The topological polar surface area (TPSA) is 55.5 Å². The van der Waals surface area contributed by atoms with Crippen LogP contribution in [0.1, 0.15) is 39.2 Å². The average molecular weight is 483 g/mol. The number of nitrogens with one attached hydrogen (secondary N) is 3. The molecule has 0 bridgehead atoms. The monoisotopic (exact) mass is 483 g/mol. The largest absolute Gasteiger partial charge is 0.361 e. The Labute approximate surface area is 180 Å². The fourth-order valence-electron chi connectivity index (χ4n) is 3.70. The highest BCUT2D eigenvalue weighted by atomic mass is 127. The zero-order valence-electron chi connectivity index (χ0n) is 16.8. The van der Waals surface area contributed by atoms with Gasteiger partial charge in [0.2, 0.25) is 0 Å². The van der Waals surface area contributed by atoms with Crippen molar-refractivity contribution in [3.8, 4) is 0 Å². The van der Waals surface area contributed by atoms with Crippen LogP contribution in [0.3, 0.4) is 0 Å². The summed E-state index contributed by atoms with van der Waals surface area (Å²) < 4.78 is 0. The molecule has 3 rings (SSSR count). The molecule has 1 fully saturated rings. The molecule has 1 aromatic heterocycles. The lowest BCUT2D eigenvalue weighted by Crippen LogP contribution is -2.49. The Balaban J connectivity index is 0.00000261. The molecule has 0 spiro atoms. The number of hydrogen-bond donors (Lipinski definition) is 3. The maximum absolute atomic E-state index is 4.81. The summed E-state index contributed by atoms with van der Waals surface area (Å²) in [6, 6.07) is 9.63. The Bertz CT molecular complexity index is 716. The molecule has 1 aliphatic heterocycles. The molecule has 2 heterocycles. The van der Waals surface area contributed by atoms with Crippen LogP contribution in [-0.4, -0.2) is 54.1 Å². The second-order valence-corrected chi connectivity index (χ2v) is 7.42. The molecule has 0 aliphatic carbocycles. The van der Waals surface area contributed by atoms with Crippen LogP contribution in [0.15, 0.2) is 35.5 Å². The Kier molecular flexibility index (Phi) is 8.89. The van der Waals surface area contributed by atoms with Gasteiger partial charge in [-0.05, 0) is 51.7 Å². The van der Waals surface area contributed by atoms with Gasteiger partial charge in [0.05, 0.1) is 0 Å². The van der Waals surface area contributed by atoms with Crippen molar-refractivity contribution in [3.63, 3.8) is 0 Å². The smallest absolute Gasteiger partial charge is 0.191 e. The zero-order chi connectivity index (χ0) is 18.4. The fourth-order valence-corrected chi connectivity index (χ4v) is 3.70. The highest BCUT2D eigenvalue weighted by Gasteiger charge is 2.21. The summed E-state index contributed by atoms with van der Waals surface area (Å²) in [5, 5.41) is 8.34. The molecular weight excluding hydrogens is 449 g/mol. The van der Waals surface area contributed by atoms with Crippen LogP contribution in [0.4, 0.5) is 0 Å². The van der Waals surface area contributed by atoms with Gasteiger partial charge in [0, 0.05) is 55.4 Å². The molecule has 5 nitrogen and oxygen atoms in total. The van der Waals surface area contributed by atoms with Crippen molar-refractivity contribution in [1.29, 1.82) is 0 Å². The van der Waals surface area contributed by atoms with Gasteiger partial charge in [-0.2, -0.15) is 0 Å². The van der Waals surface area contributed by atoms with Gasteiger partial charge in [-0.1, -0.05) is 18.2 Å². The lowest BCUT2D eigenvalue weighted by molar-refractivity contribution is 0.167. The number of piperidine rings is 1. The van der Waals surface area contributed by atoms with E-state index in [2.05, 4.69) is 71.8 Å². The molecule has 0 saturated carbocycles. The Morgan fingerprint density at radius 1 is 1.26 bits per heavy atom. The molecule has 0 radical (unpaired) electrons. The van der Waals surface area contributed by atoms with Gasteiger partial charge in [-0.25, -0.2) is 0 Å². The van der Waals surface area contributed by atoms with Crippen molar-refractivity contribution in [2.24, 2.45) is 4.99 Å². The van der Waals surface area contributed by atoms with E-state index in [1.54, 1.807) is 0 Å². The van der Waals surface area contributed by atoms with Gasteiger partial charge in [0.1, 0.15) is 0 Å². The van der Waals surface area contributed by atoms with Crippen molar-refractivity contribution in [1.82, 2.24) is 20.5 Å². The van der Waals surface area contributed by atoms with E-state index in [0.29, 0.717) is 12.1 Å². The number of H-pyrrole nitrogens is 1. The van der Waals surface area contributed by atoms with Gasteiger partial charge in [0.25, 0.3) is 0 Å². The predicted octanol–water partition coefficient (Wildman–Crippen LogP) is 3.76. The van der Waals surface area contributed by atoms with E-state index < -0.39 is 0 Å². The number of benzene rings is 1. The van der Waals surface area contributed by atoms with Crippen LogP contribution in [0.5, 0.6) is 0 Å². The summed E-state index contributed by atoms with van der Waals surface area (Å²) in [5.74, 6) is 0.954. The molecule has 0 atom stereocenters.